The van der Waals surface area contributed by atoms with Crippen LogP contribution in [0.2, 0.25) is 0 Å². The second-order valence-corrected chi connectivity index (χ2v) is 4.43. The van der Waals surface area contributed by atoms with Crippen LogP contribution in [0.1, 0.15) is 26.7 Å². The second-order valence-electron chi connectivity index (χ2n) is 3.40. The first kappa shape index (κ1) is 15.7. The molecule has 0 heterocycles. The van der Waals surface area contributed by atoms with E-state index >= 15 is 0 Å². The standard InChI is InChI=1S/C11H22O4S/c1-3-5-6-14-7-10(12)8-16-9-11(13)15-4-2/h10,12H,3-9H2,1-2H3. The van der Waals surface area contributed by atoms with Gasteiger partial charge in [-0.2, -0.15) is 0 Å². The van der Waals surface area contributed by atoms with Crippen LogP contribution in [-0.2, 0) is 14.3 Å². The Hall–Kier alpha value is -0.260. The first-order valence-corrected chi connectivity index (χ1v) is 6.85. The summed E-state index contributed by atoms with van der Waals surface area (Å²) in [6, 6.07) is 0. The summed E-state index contributed by atoms with van der Waals surface area (Å²) < 4.78 is 10.0. The highest BCUT2D eigenvalue weighted by atomic mass is 32.2. The number of ether oxygens (including phenoxy) is 2. The first-order valence-electron chi connectivity index (χ1n) is 5.69. The number of carbonyl (C=O) groups excluding carboxylic acids is 1. The molecule has 4 nitrogen and oxygen atoms in total. The van der Waals surface area contributed by atoms with Crippen LogP contribution in [0, 0.1) is 0 Å². The normalized spacial score (nSPS) is 12.4. The van der Waals surface area contributed by atoms with Crippen molar-refractivity contribution < 1.29 is 19.4 Å². The smallest absolute Gasteiger partial charge is 0.315 e. The van der Waals surface area contributed by atoms with Crippen LogP contribution >= 0.6 is 11.8 Å². The Morgan fingerprint density at radius 1 is 1.44 bits per heavy atom. The molecule has 0 aromatic heterocycles. The summed E-state index contributed by atoms with van der Waals surface area (Å²) in [5.74, 6) is 0.566. The lowest BCUT2D eigenvalue weighted by Gasteiger charge is -2.10. The number of esters is 1. The van der Waals surface area contributed by atoms with Gasteiger partial charge >= 0.3 is 5.97 Å². The van der Waals surface area contributed by atoms with Crippen LogP contribution in [0.5, 0.6) is 0 Å². The van der Waals surface area contributed by atoms with Gasteiger partial charge in [-0.1, -0.05) is 13.3 Å². The van der Waals surface area contributed by atoms with E-state index in [0.717, 1.165) is 12.8 Å². The predicted molar refractivity (Wildman–Crippen MR) is 65.7 cm³/mol. The zero-order valence-corrected chi connectivity index (χ0v) is 10.9. The van der Waals surface area contributed by atoms with E-state index in [-0.39, 0.29) is 5.97 Å². The van der Waals surface area contributed by atoms with Crippen molar-refractivity contribution in [1.82, 2.24) is 0 Å². The molecule has 0 rings (SSSR count). The quantitative estimate of drug-likeness (QED) is 0.470. The fourth-order valence-electron chi connectivity index (χ4n) is 0.995. The van der Waals surface area contributed by atoms with Gasteiger partial charge in [-0.3, -0.25) is 4.79 Å². The minimum Gasteiger partial charge on any atom is -0.465 e. The number of aliphatic hydroxyl groups is 1. The molecule has 1 unspecified atom stereocenters. The van der Waals surface area contributed by atoms with Gasteiger partial charge in [0.25, 0.3) is 0 Å². The van der Waals surface area contributed by atoms with Crippen LogP contribution in [-0.4, -0.2) is 48.5 Å². The highest BCUT2D eigenvalue weighted by Gasteiger charge is 2.07. The van der Waals surface area contributed by atoms with Crippen molar-refractivity contribution in [2.24, 2.45) is 0 Å². The fraction of sp³-hybridized carbons (Fsp3) is 0.909. The zero-order valence-electron chi connectivity index (χ0n) is 10.1. The largest absolute Gasteiger partial charge is 0.465 e. The molecule has 0 aromatic rings. The van der Waals surface area contributed by atoms with Gasteiger partial charge in [0, 0.05) is 12.4 Å². The Morgan fingerprint density at radius 2 is 2.19 bits per heavy atom. The molecule has 0 aliphatic heterocycles. The third-order valence-electron chi connectivity index (χ3n) is 1.79. The highest BCUT2D eigenvalue weighted by Crippen LogP contribution is 2.04. The minimum absolute atomic E-state index is 0.230. The molecule has 0 bridgehead atoms. The van der Waals surface area contributed by atoms with Crippen molar-refractivity contribution >= 4 is 17.7 Å². The van der Waals surface area contributed by atoms with Crippen molar-refractivity contribution in [1.29, 1.82) is 0 Å². The van der Waals surface area contributed by atoms with Crippen molar-refractivity contribution in [3.63, 3.8) is 0 Å². The Labute approximate surface area is 102 Å². The molecule has 0 aliphatic carbocycles. The second kappa shape index (κ2) is 11.2. The van der Waals surface area contributed by atoms with Crippen molar-refractivity contribution in [3.05, 3.63) is 0 Å². The van der Waals surface area contributed by atoms with Crippen molar-refractivity contribution in [3.8, 4) is 0 Å². The maximum Gasteiger partial charge on any atom is 0.315 e. The summed E-state index contributed by atoms with van der Waals surface area (Å²) in [6.45, 7) is 5.31. The van der Waals surface area contributed by atoms with E-state index in [4.69, 9.17) is 9.47 Å². The van der Waals surface area contributed by atoms with E-state index in [1.807, 2.05) is 0 Å². The van der Waals surface area contributed by atoms with Crippen molar-refractivity contribution in [2.75, 3.05) is 31.3 Å². The Kier molecular flexibility index (Phi) is 11.0. The monoisotopic (exact) mass is 250 g/mol. The number of aliphatic hydroxyl groups excluding tert-OH is 1. The van der Waals surface area contributed by atoms with Crippen LogP contribution < -0.4 is 0 Å². The molecule has 5 heteroatoms. The van der Waals surface area contributed by atoms with Gasteiger partial charge < -0.3 is 14.6 Å². The average Bonchev–Trinajstić information content (AvgIpc) is 2.25. The lowest BCUT2D eigenvalue weighted by molar-refractivity contribution is -0.139. The van der Waals surface area contributed by atoms with E-state index in [2.05, 4.69) is 6.92 Å². The summed E-state index contributed by atoms with van der Waals surface area (Å²) in [6.07, 6.45) is 1.60. The Balaban J connectivity index is 3.29. The molecular formula is C11H22O4S. The number of unbranched alkanes of at least 4 members (excludes halogenated alkanes) is 1. The molecule has 16 heavy (non-hydrogen) atoms. The summed E-state index contributed by atoms with van der Waals surface area (Å²) in [7, 11) is 0. The molecule has 0 radical (unpaired) electrons. The predicted octanol–water partition coefficient (Wildman–Crippen LogP) is 1.46. The Morgan fingerprint density at radius 3 is 2.81 bits per heavy atom. The number of rotatable bonds is 10. The highest BCUT2D eigenvalue weighted by molar-refractivity contribution is 7.99. The first-order chi connectivity index (χ1) is 7.70. The number of carbonyl (C=O) groups is 1. The van der Waals surface area contributed by atoms with E-state index in [0.29, 0.717) is 31.3 Å². The molecule has 1 atom stereocenters. The summed E-state index contributed by atoms with van der Waals surface area (Å²) in [5, 5.41) is 9.49. The van der Waals surface area contributed by atoms with Crippen LogP contribution in [0.4, 0.5) is 0 Å². The SMILES string of the molecule is CCCCOCC(O)CSCC(=O)OCC. The fourth-order valence-corrected chi connectivity index (χ4v) is 1.73. The number of thioether (sulfide) groups is 1. The molecule has 96 valence electrons. The minimum atomic E-state index is -0.503. The summed E-state index contributed by atoms with van der Waals surface area (Å²) >= 11 is 1.37. The number of hydrogen-bond donors (Lipinski definition) is 1. The summed E-state index contributed by atoms with van der Waals surface area (Å²) in [4.78, 5) is 11.0. The molecule has 0 saturated heterocycles. The maximum absolute atomic E-state index is 11.0. The molecule has 0 fully saturated rings. The zero-order chi connectivity index (χ0) is 12.2. The van der Waals surface area contributed by atoms with E-state index < -0.39 is 6.10 Å². The third kappa shape index (κ3) is 10.3. The van der Waals surface area contributed by atoms with E-state index in [9.17, 15) is 9.90 Å². The van der Waals surface area contributed by atoms with Gasteiger partial charge in [-0.15, -0.1) is 11.8 Å². The molecule has 0 saturated carbocycles. The van der Waals surface area contributed by atoms with Gasteiger partial charge in [0.05, 0.1) is 25.1 Å². The van der Waals surface area contributed by atoms with Gasteiger partial charge in [0.2, 0.25) is 0 Å². The maximum atomic E-state index is 11.0. The topological polar surface area (TPSA) is 55.8 Å². The summed E-state index contributed by atoms with van der Waals surface area (Å²) in [5.41, 5.74) is 0. The van der Waals surface area contributed by atoms with Crippen molar-refractivity contribution in [2.45, 2.75) is 32.8 Å². The number of hydrogen-bond acceptors (Lipinski definition) is 5. The molecular weight excluding hydrogens is 228 g/mol. The van der Waals surface area contributed by atoms with Crippen LogP contribution in [0.3, 0.4) is 0 Å². The van der Waals surface area contributed by atoms with Gasteiger partial charge in [0.15, 0.2) is 0 Å². The molecule has 1 N–H and O–H groups in total. The molecule has 0 aliphatic rings. The molecule has 0 spiro atoms. The average molecular weight is 250 g/mol. The lowest BCUT2D eigenvalue weighted by atomic mass is 10.3. The van der Waals surface area contributed by atoms with Crippen LogP contribution in [0.25, 0.3) is 0 Å². The Bertz CT molecular complexity index is 175. The molecule has 0 aromatic carbocycles. The van der Waals surface area contributed by atoms with E-state index in [1.54, 1.807) is 6.92 Å². The van der Waals surface area contributed by atoms with Gasteiger partial charge in [-0.25, -0.2) is 0 Å². The lowest BCUT2D eigenvalue weighted by Crippen LogP contribution is -2.19. The molecule has 0 amide bonds. The van der Waals surface area contributed by atoms with Crippen LogP contribution in [0.15, 0.2) is 0 Å². The van der Waals surface area contributed by atoms with E-state index in [1.165, 1.54) is 11.8 Å². The third-order valence-corrected chi connectivity index (χ3v) is 2.85. The van der Waals surface area contributed by atoms with Gasteiger partial charge in [0.1, 0.15) is 0 Å². The van der Waals surface area contributed by atoms with Gasteiger partial charge in [-0.05, 0) is 13.3 Å².